The minimum Gasteiger partial charge on any atom is -0.310 e. The summed E-state index contributed by atoms with van der Waals surface area (Å²) in [6, 6.07) is 0.456. The van der Waals surface area contributed by atoms with Crippen molar-refractivity contribution in [1.82, 2.24) is 15.1 Å². The predicted molar refractivity (Wildman–Crippen MR) is 82.3 cm³/mol. The molecule has 0 saturated carbocycles. The quantitative estimate of drug-likeness (QED) is 0.512. The van der Waals surface area contributed by atoms with Crippen LogP contribution in [0.1, 0.15) is 62.7 Å². The molecule has 19 heavy (non-hydrogen) atoms. The highest BCUT2D eigenvalue weighted by Crippen LogP contribution is 2.22. The predicted octanol–water partition coefficient (Wildman–Crippen LogP) is 3.91. The van der Waals surface area contributed by atoms with Gasteiger partial charge in [-0.25, -0.2) is 0 Å². The lowest BCUT2D eigenvalue weighted by atomic mass is 10.0. The topological polar surface area (TPSA) is 29.9 Å². The van der Waals surface area contributed by atoms with E-state index in [1.807, 2.05) is 24.0 Å². The number of nitrogens with one attached hydrogen (secondary N) is 1. The second-order valence-corrected chi connectivity index (χ2v) is 5.24. The number of allylic oxidation sites excluding steroid dienone is 1. The van der Waals surface area contributed by atoms with Gasteiger partial charge in [-0.05, 0) is 39.2 Å². The lowest BCUT2D eigenvalue weighted by Crippen LogP contribution is -2.22. The maximum Gasteiger partial charge on any atom is 0.0540 e. The molecule has 1 atom stereocenters. The first-order valence-corrected chi connectivity index (χ1v) is 7.53. The van der Waals surface area contributed by atoms with Crippen LogP contribution in [0.15, 0.2) is 18.9 Å². The Labute approximate surface area is 118 Å². The summed E-state index contributed by atoms with van der Waals surface area (Å²) in [6.07, 6.45) is 11.4. The molecule has 1 heterocycles. The van der Waals surface area contributed by atoms with E-state index < -0.39 is 0 Å². The number of aromatic nitrogens is 2. The summed E-state index contributed by atoms with van der Waals surface area (Å²) in [7, 11) is 2.01. The van der Waals surface area contributed by atoms with Crippen molar-refractivity contribution in [3.8, 4) is 0 Å². The third-order valence-corrected chi connectivity index (χ3v) is 3.69. The maximum absolute atomic E-state index is 4.37. The molecule has 0 saturated heterocycles. The Bertz CT molecular complexity index is 368. The number of nitrogens with zero attached hydrogens (tertiary/aromatic N) is 2. The van der Waals surface area contributed by atoms with E-state index in [1.165, 1.54) is 43.4 Å². The normalized spacial score (nSPS) is 12.6. The van der Waals surface area contributed by atoms with E-state index in [1.54, 1.807) is 0 Å². The first-order chi connectivity index (χ1) is 9.20. The van der Waals surface area contributed by atoms with Crippen LogP contribution in [-0.2, 0) is 7.05 Å². The summed E-state index contributed by atoms with van der Waals surface area (Å²) in [5, 5.41) is 8.02. The highest BCUT2D eigenvalue weighted by Gasteiger charge is 2.15. The molecule has 1 rings (SSSR count). The fourth-order valence-corrected chi connectivity index (χ4v) is 2.36. The third-order valence-electron chi connectivity index (χ3n) is 3.69. The van der Waals surface area contributed by atoms with Crippen molar-refractivity contribution in [3.05, 3.63) is 30.1 Å². The van der Waals surface area contributed by atoms with Crippen molar-refractivity contribution in [2.24, 2.45) is 7.05 Å². The Kier molecular flexibility index (Phi) is 7.49. The molecule has 0 fully saturated rings. The SMILES string of the molecule is C=CCCCCCC(NCCC)c1cnn(C)c1C. The second-order valence-electron chi connectivity index (χ2n) is 5.24. The molecule has 0 amide bonds. The van der Waals surface area contributed by atoms with Crippen LogP contribution in [0.2, 0.25) is 0 Å². The summed E-state index contributed by atoms with van der Waals surface area (Å²) in [5.41, 5.74) is 2.64. The molecule has 1 unspecified atom stereocenters. The van der Waals surface area contributed by atoms with E-state index in [0.717, 1.165) is 13.0 Å². The first-order valence-electron chi connectivity index (χ1n) is 7.53. The molecular formula is C16H29N3. The fraction of sp³-hybridized carbons (Fsp3) is 0.688. The molecule has 0 aromatic carbocycles. The van der Waals surface area contributed by atoms with E-state index in [0.29, 0.717) is 6.04 Å². The van der Waals surface area contributed by atoms with Gasteiger partial charge in [0.2, 0.25) is 0 Å². The largest absolute Gasteiger partial charge is 0.310 e. The Hall–Kier alpha value is -1.09. The molecule has 108 valence electrons. The smallest absolute Gasteiger partial charge is 0.0540 e. The van der Waals surface area contributed by atoms with Crippen molar-refractivity contribution in [2.45, 2.75) is 58.4 Å². The van der Waals surface area contributed by atoms with Gasteiger partial charge >= 0.3 is 0 Å². The van der Waals surface area contributed by atoms with E-state index in [4.69, 9.17) is 0 Å². The molecule has 3 heteroatoms. The summed E-state index contributed by atoms with van der Waals surface area (Å²) < 4.78 is 1.97. The van der Waals surface area contributed by atoms with Gasteiger partial charge in [0.1, 0.15) is 0 Å². The Morgan fingerprint density at radius 2 is 2.21 bits per heavy atom. The van der Waals surface area contributed by atoms with Gasteiger partial charge in [-0.1, -0.05) is 25.8 Å². The number of aryl methyl sites for hydroxylation is 1. The summed E-state index contributed by atoms with van der Waals surface area (Å²) >= 11 is 0. The van der Waals surface area contributed by atoms with Crippen LogP contribution in [0.5, 0.6) is 0 Å². The number of unbranched alkanes of at least 4 members (excludes halogenated alkanes) is 3. The average molecular weight is 263 g/mol. The zero-order valence-corrected chi connectivity index (χ0v) is 12.8. The zero-order chi connectivity index (χ0) is 14.1. The van der Waals surface area contributed by atoms with E-state index in [2.05, 4.69) is 30.8 Å². The lowest BCUT2D eigenvalue weighted by molar-refractivity contribution is 0.470. The van der Waals surface area contributed by atoms with E-state index >= 15 is 0 Å². The van der Waals surface area contributed by atoms with Crippen molar-refractivity contribution in [2.75, 3.05) is 6.54 Å². The highest BCUT2D eigenvalue weighted by atomic mass is 15.3. The van der Waals surface area contributed by atoms with E-state index in [-0.39, 0.29) is 0 Å². The molecule has 0 aliphatic carbocycles. The maximum atomic E-state index is 4.37. The van der Waals surface area contributed by atoms with Crippen molar-refractivity contribution >= 4 is 0 Å². The summed E-state index contributed by atoms with van der Waals surface area (Å²) in [6.45, 7) is 9.21. The zero-order valence-electron chi connectivity index (χ0n) is 12.8. The van der Waals surface area contributed by atoms with Gasteiger partial charge in [0.05, 0.1) is 6.20 Å². The van der Waals surface area contributed by atoms with Crippen molar-refractivity contribution in [3.63, 3.8) is 0 Å². The second kappa shape index (κ2) is 8.92. The van der Waals surface area contributed by atoms with Crippen molar-refractivity contribution < 1.29 is 0 Å². The summed E-state index contributed by atoms with van der Waals surface area (Å²) in [4.78, 5) is 0. The molecule has 3 nitrogen and oxygen atoms in total. The van der Waals surface area contributed by atoms with E-state index in [9.17, 15) is 0 Å². The van der Waals surface area contributed by atoms with Gasteiger partial charge in [-0.2, -0.15) is 5.10 Å². The number of rotatable bonds is 10. The standard InChI is InChI=1S/C16H29N3/c1-5-7-8-9-10-11-16(17-12-6-2)15-13-18-19(4)14(15)3/h5,13,16-17H,1,6-12H2,2-4H3. The lowest BCUT2D eigenvalue weighted by Gasteiger charge is -2.18. The van der Waals surface area contributed by atoms with Gasteiger partial charge < -0.3 is 5.32 Å². The molecule has 0 aliphatic rings. The minimum absolute atomic E-state index is 0.456. The average Bonchev–Trinajstić information content (AvgIpc) is 2.74. The molecule has 1 aromatic rings. The molecule has 0 radical (unpaired) electrons. The number of hydrogen-bond donors (Lipinski definition) is 1. The fourth-order valence-electron chi connectivity index (χ4n) is 2.36. The molecular weight excluding hydrogens is 234 g/mol. The van der Waals surface area contributed by atoms with Crippen LogP contribution in [0.25, 0.3) is 0 Å². The Morgan fingerprint density at radius 3 is 2.79 bits per heavy atom. The van der Waals surface area contributed by atoms with Gasteiger partial charge in [-0.3, -0.25) is 4.68 Å². The van der Waals surface area contributed by atoms with Gasteiger partial charge in [0.15, 0.2) is 0 Å². The van der Waals surface area contributed by atoms with Crippen LogP contribution in [0, 0.1) is 6.92 Å². The van der Waals surface area contributed by atoms with Gasteiger partial charge in [-0.15, -0.1) is 6.58 Å². The highest BCUT2D eigenvalue weighted by molar-refractivity contribution is 5.20. The van der Waals surface area contributed by atoms with Crippen LogP contribution in [0.3, 0.4) is 0 Å². The Balaban J connectivity index is 2.51. The summed E-state index contributed by atoms with van der Waals surface area (Å²) in [5.74, 6) is 0. The van der Waals surface area contributed by atoms with Crippen LogP contribution in [0.4, 0.5) is 0 Å². The molecule has 0 spiro atoms. The van der Waals surface area contributed by atoms with Crippen molar-refractivity contribution in [1.29, 1.82) is 0 Å². The third kappa shape index (κ3) is 5.19. The van der Waals surface area contributed by atoms with Crippen LogP contribution >= 0.6 is 0 Å². The van der Waals surface area contributed by atoms with Gasteiger partial charge in [0.25, 0.3) is 0 Å². The van der Waals surface area contributed by atoms with Crippen LogP contribution < -0.4 is 5.32 Å². The monoisotopic (exact) mass is 263 g/mol. The molecule has 0 aliphatic heterocycles. The van der Waals surface area contributed by atoms with Gasteiger partial charge in [0, 0.05) is 24.3 Å². The molecule has 1 N–H and O–H groups in total. The molecule has 1 aromatic heterocycles. The number of hydrogen-bond acceptors (Lipinski definition) is 2. The first kappa shape index (κ1) is 16.0. The Morgan fingerprint density at radius 1 is 1.42 bits per heavy atom. The molecule has 0 bridgehead atoms. The minimum atomic E-state index is 0.456. The van der Waals surface area contributed by atoms with Crippen LogP contribution in [-0.4, -0.2) is 16.3 Å².